The number of alkyl carbamates (subject to hydrolysis) is 1. The summed E-state index contributed by atoms with van der Waals surface area (Å²) in [6, 6.07) is 5.92. The average Bonchev–Trinajstić information content (AvgIpc) is 3.52. The molecule has 12 heteroatoms. The Labute approximate surface area is 270 Å². The van der Waals surface area contributed by atoms with E-state index in [1.807, 2.05) is 18.2 Å². The second-order valence-electron chi connectivity index (χ2n) is 14.4. The van der Waals surface area contributed by atoms with Gasteiger partial charge in [-0.1, -0.05) is 63.3 Å². The minimum absolute atomic E-state index is 0.0167. The summed E-state index contributed by atoms with van der Waals surface area (Å²) in [7, 11) is 0. The molecule has 3 fully saturated rings. The third-order valence-corrected chi connectivity index (χ3v) is 9.68. The molecule has 1 aromatic rings. The Morgan fingerprint density at radius 3 is 2.43 bits per heavy atom. The monoisotopic (exact) mass is 640 g/mol. The van der Waals surface area contributed by atoms with Crippen molar-refractivity contribution in [3.8, 4) is 0 Å². The topological polar surface area (TPSA) is 155 Å². The SMILES string of the molecule is C[C@@H]1CN(C(=O)O[C@@H]2C[C@H]3C(=O)N[C@]4(C(=O)O)C[C@H]4CCCCCCC[C@H](NC(=O)OC(C)(C)C)C(=O)N3C2)Cc2ccccc21. The zero-order chi connectivity index (χ0) is 33.2. The van der Waals surface area contributed by atoms with Crippen molar-refractivity contribution in [2.45, 2.75) is 127 Å². The van der Waals surface area contributed by atoms with Crippen molar-refractivity contribution in [1.82, 2.24) is 20.4 Å². The molecule has 252 valence electrons. The number of ether oxygens (including phenoxy) is 2. The van der Waals surface area contributed by atoms with E-state index in [1.165, 1.54) is 10.5 Å². The molecule has 0 unspecified atom stereocenters. The van der Waals surface area contributed by atoms with Crippen LogP contribution in [-0.2, 0) is 30.4 Å². The fourth-order valence-electron chi connectivity index (χ4n) is 7.22. The lowest BCUT2D eigenvalue weighted by Gasteiger charge is -2.33. The van der Waals surface area contributed by atoms with Crippen LogP contribution in [0, 0.1) is 5.92 Å². The van der Waals surface area contributed by atoms with Gasteiger partial charge in [-0.2, -0.15) is 0 Å². The maximum Gasteiger partial charge on any atom is 0.410 e. The Hall–Kier alpha value is -3.83. The quantitative estimate of drug-likeness (QED) is 0.442. The molecule has 46 heavy (non-hydrogen) atoms. The first kappa shape index (κ1) is 33.5. The van der Waals surface area contributed by atoms with Crippen molar-refractivity contribution >= 4 is 30.0 Å². The van der Waals surface area contributed by atoms with Crippen molar-refractivity contribution in [3.63, 3.8) is 0 Å². The van der Waals surface area contributed by atoms with Crippen molar-refractivity contribution in [1.29, 1.82) is 0 Å². The van der Waals surface area contributed by atoms with Crippen LogP contribution in [0.4, 0.5) is 9.59 Å². The Kier molecular flexibility index (Phi) is 9.83. The van der Waals surface area contributed by atoms with Gasteiger partial charge in [0.1, 0.15) is 29.3 Å². The van der Waals surface area contributed by atoms with Crippen LogP contribution in [0.1, 0.15) is 103 Å². The number of aliphatic carboxylic acids is 1. The highest BCUT2D eigenvalue weighted by atomic mass is 16.6. The predicted molar refractivity (Wildman–Crippen MR) is 168 cm³/mol. The lowest BCUT2D eigenvalue weighted by Crippen LogP contribution is -2.56. The molecule has 3 aliphatic heterocycles. The molecule has 0 spiro atoms. The maximum atomic E-state index is 14.1. The molecule has 0 radical (unpaired) electrons. The number of hydrogen-bond donors (Lipinski definition) is 3. The summed E-state index contributed by atoms with van der Waals surface area (Å²) in [5.41, 5.74) is 0.0863. The molecule has 6 atom stereocenters. The summed E-state index contributed by atoms with van der Waals surface area (Å²) in [4.78, 5) is 69.5. The first-order chi connectivity index (χ1) is 21.8. The molecule has 5 rings (SSSR count). The normalized spacial score (nSPS) is 30.4. The number of carboxylic acids is 1. The van der Waals surface area contributed by atoms with Gasteiger partial charge in [0, 0.05) is 19.5 Å². The number of hydrogen-bond acceptors (Lipinski definition) is 7. The van der Waals surface area contributed by atoms with Crippen molar-refractivity contribution in [2.24, 2.45) is 5.92 Å². The molecule has 3 heterocycles. The van der Waals surface area contributed by atoms with Gasteiger partial charge in [0.15, 0.2) is 0 Å². The Balaban J connectivity index is 1.36. The highest BCUT2D eigenvalue weighted by Gasteiger charge is 2.62. The van der Waals surface area contributed by atoms with Crippen LogP contribution in [0.3, 0.4) is 0 Å². The van der Waals surface area contributed by atoms with Gasteiger partial charge in [0.25, 0.3) is 0 Å². The van der Waals surface area contributed by atoms with Crippen LogP contribution < -0.4 is 10.6 Å². The van der Waals surface area contributed by atoms with Gasteiger partial charge in [0.2, 0.25) is 11.8 Å². The summed E-state index contributed by atoms with van der Waals surface area (Å²) < 4.78 is 11.4. The Morgan fingerprint density at radius 1 is 1.02 bits per heavy atom. The largest absolute Gasteiger partial charge is 0.479 e. The van der Waals surface area contributed by atoms with Gasteiger partial charge >= 0.3 is 18.2 Å². The minimum atomic E-state index is -1.37. The summed E-state index contributed by atoms with van der Waals surface area (Å²) in [6.07, 6.45) is 3.52. The number of nitrogens with zero attached hydrogens (tertiary/aromatic N) is 2. The van der Waals surface area contributed by atoms with Crippen molar-refractivity contribution in [2.75, 3.05) is 13.1 Å². The summed E-state index contributed by atoms with van der Waals surface area (Å²) in [5.74, 6) is -2.23. The van der Waals surface area contributed by atoms with E-state index < -0.39 is 59.3 Å². The van der Waals surface area contributed by atoms with Crippen molar-refractivity contribution in [3.05, 3.63) is 35.4 Å². The van der Waals surface area contributed by atoms with E-state index in [4.69, 9.17) is 9.47 Å². The number of benzene rings is 1. The number of amides is 4. The number of carbonyl (C=O) groups is 5. The fourth-order valence-corrected chi connectivity index (χ4v) is 7.22. The van der Waals surface area contributed by atoms with Gasteiger partial charge in [-0.3, -0.25) is 9.59 Å². The van der Waals surface area contributed by atoms with Crippen molar-refractivity contribution < 1.29 is 38.6 Å². The van der Waals surface area contributed by atoms with Crippen LogP contribution >= 0.6 is 0 Å². The standard InChI is InChI=1S/C34H48N4O8/c1-21-18-37(19-22-12-10-11-14-25(21)22)32(44)45-24-16-27-28(39)36-34(30(41)42)17-23(34)13-8-6-5-7-9-15-26(29(40)38(27)20-24)35-31(43)46-33(2,3)4/h10-12,14,21,23-24,26-27H,5-9,13,15-20H2,1-4H3,(H,35,43)(H,36,39)(H,41,42)/t21-,23-,24-,26+,27+,34-/m1/s1. The van der Waals surface area contributed by atoms with E-state index in [2.05, 4.69) is 23.6 Å². The number of carboxylic acid groups (broad SMARTS) is 1. The first-order valence-corrected chi connectivity index (χ1v) is 16.7. The molecule has 4 aliphatic rings. The lowest BCUT2D eigenvalue weighted by atomic mass is 9.91. The van der Waals surface area contributed by atoms with E-state index in [9.17, 15) is 29.1 Å². The Bertz CT molecular complexity index is 1340. The second-order valence-corrected chi connectivity index (χ2v) is 14.4. The van der Waals surface area contributed by atoms with Crippen LogP contribution in [-0.4, -0.2) is 87.3 Å². The Morgan fingerprint density at radius 2 is 1.72 bits per heavy atom. The van der Waals surface area contributed by atoms with Crippen LogP contribution in [0.25, 0.3) is 0 Å². The number of nitrogens with one attached hydrogen (secondary N) is 2. The smallest absolute Gasteiger partial charge is 0.410 e. The van der Waals surface area contributed by atoms with Gasteiger partial charge in [-0.25, -0.2) is 14.4 Å². The fraction of sp³-hybridized carbons (Fsp3) is 0.676. The predicted octanol–water partition coefficient (Wildman–Crippen LogP) is 4.31. The van der Waals surface area contributed by atoms with E-state index in [1.54, 1.807) is 25.7 Å². The lowest BCUT2D eigenvalue weighted by molar-refractivity contribution is -0.146. The zero-order valence-electron chi connectivity index (χ0n) is 27.4. The van der Waals surface area contributed by atoms with E-state index in [0.717, 1.165) is 31.2 Å². The zero-order valence-corrected chi connectivity index (χ0v) is 27.4. The minimum Gasteiger partial charge on any atom is -0.479 e. The third-order valence-electron chi connectivity index (χ3n) is 9.68. The summed E-state index contributed by atoms with van der Waals surface area (Å²) >= 11 is 0. The molecule has 1 saturated carbocycles. The molecule has 4 amide bonds. The average molecular weight is 641 g/mol. The number of fused-ring (bicyclic) bond motifs is 3. The molecule has 1 aromatic carbocycles. The molecule has 0 aromatic heterocycles. The third kappa shape index (κ3) is 7.58. The molecule has 0 bridgehead atoms. The van der Waals surface area contributed by atoms with Crippen LogP contribution in [0.5, 0.6) is 0 Å². The van der Waals surface area contributed by atoms with Gasteiger partial charge < -0.3 is 35.0 Å². The summed E-state index contributed by atoms with van der Waals surface area (Å²) in [6.45, 7) is 8.05. The van der Waals surface area contributed by atoms with Gasteiger partial charge in [0.05, 0.1) is 6.54 Å². The molecule has 1 aliphatic carbocycles. The van der Waals surface area contributed by atoms with Crippen LogP contribution in [0.2, 0.25) is 0 Å². The van der Waals surface area contributed by atoms with E-state index >= 15 is 0 Å². The molecule has 3 N–H and O–H groups in total. The molecule has 2 saturated heterocycles. The maximum absolute atomic E-state index is 14.1. The summed E-state index contributed by atoms with van der Waals surface area (Å²) in [5, 5.41) is 15.6. The van der Waals surface area contributed by atoms with E-state index in [0.29, 0.717) is 38.8 Å². The molecular formula is C34H48N4O8. The molecule has 12 nitrogen and oxygen atoms in total. The van der Waals surface area contributed by atoms with Gasteiger partial charge in [-0.05, 0) is 63.0 Å². The molecular weight excluding hydrogens is 592 g/mol. The number of rotatable bonds is 3. The second kappa shape index (κ2) is 13.5. The van der Waals surface area contributed by atoms with Gasteiger partial charge in [-0.15, -0.1) is 0 Å². The highest BCUT2D eigenvalue weighted by molar-refractivity contribution is 5.96. The first-order valence-electron chi connectivity index (χ1n) is 16.7. The van der Waals surface area contributed by atoms with E-state index in [-0.39, 0.29) is 24.8 Å². The highest BCUT2D eigenvalue weighted by Crippen LogP contribution is 2.47. The number of carbonyl (C=O) groups excluding carboxylic acids is 4. The van der Waals surface area contributed by atoms with Crippen LogP contribution in [0.15, 0.2) is 24.3 Å².